The molecule has 0 rings (SSSR count). The second kappa shape index (κ2) is 9.47. The van der Waals surface area contributed by atoms with Gasteiger partial charge >= 0.3 is 0 Å². The second-order valence-electron chi connectivity index (χ2n) is 2.97. The number of rotatable bonds is 4. The summed E-state index contributed by atoms with van der Waals surface area (Å²) in [4.78, 5) is 0. The van der Waals surface area contributed by atoms with E-state index in [1.807, 2.05) is 0 Å². The van der Waals surface area contributed by atoms with Crippen molar-refractivity contribution in [2.45, 2.75) is 6.92 Å². The Kier molecular flexibility index (Phi) is 12.8. The normalized spacial score (nSPS) is 10.4. The molecule has 0 radical (unpaired) electrons. The summed E-state index contributed by atoms with van der Waals surface area (Å²) in [5.41, 5.74) is 0. The van der Waals surface area contributed by atoms with Gasteiger partial charge in [-0.3, -0.25) is 0 Å². The van der Waals surface area contributed by atoms with Gasteiger partial charge in [-0.15, -0.1) is 0 Å². The van der Waals surface area contributed by atoms with Gasteiger partial charge in [0, 0.05) is 44.3 Å². The Hall–Kier alpha value is 1.38. The van der Waals surface area contributed by atoms with Gasteiger partial charge in [0.2, 0.25) is 0 Å². The predicted octanol–water partition coefficient (Wildman–Crippen LogP) is 2.50. The third-order valence-corrected chi connectivity index (χ3v) is 1.76. The van der Waals surface area contributed by atoms with Crippen LogP contribution in [0.3, 0.4) is 0 Å². The van der Waals surface area contributed by atoms with Crippen molar-refractivity contribution in [1.82, 2.24) is 0 Å². The third kappa shape index (κ3) is 11.4. The maximum absolute atomic E-state index is 4.96. The lowest BCUT2D eigenvalue weighted by atomic mass is 10.4. The average Bonchev–Trinajstić information content (AvgIpc) is 2.05. The zero-order chi connectivity index (χ0) is 9.33. The van der Waals surface area contributed by atoms with E-state index < -0.39 is 0 Å². The topological polar surface area (TPSA) is 9.23 Å². The fourth-order valence-electron chi connectivity index (χ4n) is 0.497. The highest BCUT2D eigenvalue weighted by atomic mass is 128. The number of methoxy groups -OCH3 is 1. The summed E-state index contributed by atoms with van der Waals surface area (Å²) in [5.74, 6) is 0. The molecule has 0 aliphatic rings. The van der Waals surface area contributed by atoms with Crippen LogP contribution in [-0.2, 0) is 4.74 Å². The van der Waals surface area contributed by atoms with Crippen LogP contribution in [0.1, 0.15) is 6.92 Å². The highest BCUT2D eigenvalue weighted by Gasteiger charge is 2.09. The van der Waals surface area contributed by atoms with E-state index in [4.69, 9.17) is 4.74 Å². The highest BCUT2D eigenvalue weighted by molar-refractivity contribution is 15.0. The molecule has 0 bridgehead atoms. The quantitative estimate of drug-likeness (QED) is 0.533. The molecule has 0 amide bonds. The van der Waals surface area contributed by atoms with E-state index in [2.05, 4.69) is 58.3 Å². The Labute approximate surface area is 93.6 Å². The number of quaternary nitrogens is 1. The Balaban J connectivity index is 0. The molecule has 0 atom stereocenters. The van der Waals surface area contributed by atoms with E-state index in [1.165, 1.54) is 6.54 Å². The first-order chi connectivity index (χ1) is 5.12. The van der Waals surface area contributed by atoms with E-state index in [9.17, 15) is 0 Å². The minimum absolute atomic E-state index is 0.862. The maximum atomic E-state index is 4.96. The molecule has 0 fully saturated rings. The van der Waals surface area contributed by atoms with Gasteiger partial charge in [0.15, 0.2) is 0 Å². The molecule has 0 aromatic rings. The lowest BCUT2D eigenvalue weighted by molar-refractivity contribution is -0.888. The van der Waals surface area contributed by atoms with Crippen molar-refractivity contribution in [3.8, 4) is 0 Å². The van der Waals surface area contributed by atoms with Crippen LogP contribution in [0.4, 0.5) is 0 Å². The molecule has 0 aliphatic carbocycles. The molecule has 0 aliphatic heterocycles. The van der Waals surface area contributed by atoms with Gasteiger partial charge < -0.3 is 9.22 Å². The highest BCUT2D eigenvalue weighted by Crippen LogP contribution is 1.93. The Morgan fingerprint density at radius 2 is 1.73 bits per heavy atom. The number of halogens is 2. The molecule has 0 saturated heterocycles. The smallest absolute Gasteiger partial charge is 0.102 e. The van der Waals surface area contributed by atoms with Crippen molar-refractivity contribution in [3.63, 3.8) is 0 Å². The molecule has 11 heavy (non-hydrogen) atoms. The molecule has 0 spiro atoms. The van der Waals surface area contributed by atoms with Crippen LogP contribution in [-0.4, -0.2) is 45.4 Å². The zero-order valence-corrected chi connectivity index (χ0v) is 12.0. The molecule has 2 nitrogen and oxygen atoms in total. The molecule has 0 N–H and O–H groups in total. The number of likely N-dealkylation sites (N-methyl/N-ethyl adjacent to an activating group) is 1. The predicted molar refractivity (Wildman–Crippen MR) is 67.4 cm³/mol. The number of hydrogen-bond acceptors (Lipinski definition) is 1. The SMILES string of the molecule is CC[N+](C)(C)CCOC.II. The fraction of sp³-hybridized carbons (Fsp3) is 1.00. The molecule has 0 unspecified atom stereocenters. The number of nitrogens with zero attached hydrogens (tertiary/aromatic N) is 1. The molecule has 0 heterocycles. The summed E-state index contributed by atoms with van der Waals surface area (Å²) in [5, 5.41) is 0. The fourth-order valence-corrected chi connectivity index (χ4v) is 0.497. The Bertz CT molecular complexity index is 78.8. The van der Waals surface area contributed by atoms with Crippen LogP contribution in [0, 0.1) is 0 Å². The average molecular weight is 386 g/mol. The molecule has 0 saturated carbocycles. The summed E-state index contributed by atoms with van der Waals surface area (Å²) in [7, 11) is 6.16. The minimum Gasteiger partial charge on any atom is -0.379 e. The van der Waals surface area contributed by atoms with Gasteiger partial charge in [0.1, 0.15) is 6.54 Å². The van der Waals surface area contributed by atoms with Gasteiger partial charge in [-0.25, -0.2) is 0 Å². The zero-order valence-electron chi connectivity index (χ0n) is 7.73. The second-order valence-corrected chi connectivity index (χ2v) is 2.97. The van der Waals surface area contributed by atoms with E-state index in [0.29, 0.717) is 0 Å². The first-order valence-corrected chi connectivity index (χ1v) is 9.86. The Morgan fingerprint density at radius 3 is 2.00 bits per heavy atom. The number of ether oxygens (including phenoxy) is 1. The van der Waals surface area contributed by atoms with E-state index in [0.717, 1.165) is 17.6 Å². The first kappa shape index (κ1) is 14.9. The van der Waals surface area contributed by atoms with Crippen LogP contribution in [0.15, 0.2) is 0 Å². The molecule has 70 valence electrons. The van der Waals surface area contributed by atoms with Crippen LogP contribution >= 0.6 is 37.2 Å². The van der Waals surface area contributed by atoms with E-state index >= 15 is 0 Å². The van der Waals surface area contributed by atoms with E-state index in [-0.39, 0.29) is 0 Å². The summed E-state index contributed by atoms with van der Waals surface area (Å²) in [6, 6.07) is 0. The Morgan fingerprint density at radius 1 is 1.27 bits per heavy atom. The summed E-state index contributed by atoms with van der Waals surface area (Å²) in [6.45, 7) is 5.33. The summed E-state index contributed by atoms with van der Waals surface area (Å²) < 4.78 is 6.01. The largest absolute Gasteiger partial charge is 0.379 e. The van der Waals surface area contributed by atoms with Gasteiger partial charge in [-0.2, -0.15) is 0 Å². The molecule has 4 heteroatoms. The van der Waals surface area contributed by atoms with Crippen LogP contribution in [0.2, 0.25) is 0 Å². The monoisotopic (exact) mass is 386 g/mol. The maximum Gasteiger partial charge on any atom is 0.102 e. The van der Waals surface area contributed by atoms with Crippen molar-refractivity contribution in [3.05, 3.63) is 0 Å². The van der Waals surface area contributed by atoms with Crippen molar-refractivity contribution in [2.24, 2.45) is 0 Å². The lowest BCUT2D eigenvalue weighted by Crippen LogP contribution is -2.41. The number of hydrogen-bond donors (Lipinski definition) is 0. The van der Waals surface area contributed by atoms with Crippen molar-refractivity contribution in [2.75, 3.05) is 40.9 Å². The van der Waals surface area contributed by atoms with E-state index in [1.54, 1.807) is 7.11 Å². The first-order valence-electron chi connectivity index (χ1n) is 3.57. The van der Waals surface area contributed by atoms with Crippen molar-refractivity contribution in [1.29, 1.82) is 0 Å². The summed E-state index contributed by atoms with van der Waals surface area (Å²) in [6.07, 6.45) is 0. The minimum atomic E-state index is 0.862. The summed E-state index contributed by atoms with van der Waals surface area (Å²) >= 11 is 4.24. The van der Waals surface area contributed by atoms with Crippen LogP contribution in [0.5, 0.6) is 0 Å². The van der Waals surface area contributed by atoms with Crippen molar-refractivity contribution < 1.29 is 9.22 Å². The van der Waals surface area contributed by atoms with Gasteiger partial charge in [0.05, 0.1) is 27.2 Å². The lowest BCUT2D eigenvalue weighted by Gasteiger charge is -2.27. The molecule has 0 aromatic carbocycles. The van der Waals surface area contributed by atoms with Gasteiger partial charge in [-0.05, 0) is 6.92 Å². The third-order valence-electron chi connectivity index (χ3n) is 1.76. The molecular formula is C7H18I2NO+. The van der Waals surface area contributed by atoms with Gasteiger partial charge in [-0.1, -0.05) is 0 Å². The van der Waals surface area contributed by atoms with Crippen LogP contribution in [0.25, 0.3) is 0 Å². The van der Waals surface area contributed by atoms with Crippen molar-refractivity contribution >= 4 is 37.2 Å². The van der Waals surface area contributed by atoms with Gasteiger partial charge in [0.25, 0.3) is 0 Å². The molecule has 0 aromatic heterocycles. The standard InChI is InChI=1S/C7H18NO.I2/c1-5-8(2,3)6-7-9-4;1-2/h5-7H2,1-4H3;/q+1;. The van der Waals surface area contributed by atoms with Crippen LogP contribution < -0.4 is 0 Å². The molecular weight excluding hydrogens is 368 g/mol.